The lowest BCUT2D eigenvalue weighted by Crippen LogP contribution is -2.12. The lowest BCUT2D eigenvalue weighted by atomic mass is 10.1. The Morgan fingerprint density at radius 1 is 1.47 bits per heavy atom. The highest BCUT2D eigenvalue weighted by atomic mass is 16.4. The minimum absolute atomic E-state index is 0.0226. The first-order valence-electron chi connectivity index (χ1n) is 4.43. The molecule has 0 saturated heterocycles. The van der Waals surface area contributed by atoms with Gasteiger partial charge < -0.3 is 10.8 Å². The summed E-state index contributed by atoms with van der Waals surface area (Å²) >= 11 is 0. The van der Waals surface area contributed by atoms with Gasteiger partial charge in [-0.2, -0.15) is 0 Å². The monoisotopic (exact) mass is 204 g/mol. The molecular weight excluding hydrogens is 192 g/mol. The molecule has 4 nitrogen and oxygen atoms in total. The van der Waals surface area contributed by atoms with Crippen LogP contribution in [0.1, 0.15) is 17.5 Å². The molecule has 0 aliphatic heterocycles. The zero-order chi connectivity index (χ0) is 11.3. The fourth-order valence-electron chi connectivity index (χ4n) is 1.17. The summed E-state index contributed by atoms with van der Waals surface area (Å²) in [5.41, 5.74) is 6.75. The summed E-state index contributed by atoms with van der Waals surface area (Å²) in [4.78, 5) is 10.3. The Bertz CT molecular complexity index is 411. The summed E-state index contributed by atoms with van der Waals surface area (Å²) in [6.07, 6.45) is 3.15. The molecule has 1 rings (SSSR count). The zero-order valence-corrected chi connectivity index (χ0v) is 8.10. The lowest BCUT2D eigenvalue weighted by molar-refractivity contribution is -0.135. The standard InChI is InChI=1S/C11H12N2O2/c12-11(13)9-6-2-1-4-8(9)5-3-7-10(14)15/h1-6H,7H2,(H3,12,13)(H,14,15). The van der Waals surface area contributed by atoms with E-state index in [4.69, 9.17) is 16.2 Å². The fraction of sp³-hybridized carbons (Fsp3) is 0.0909. The van der Waals surface area contributed by atoms with Gasteiger partial charge in [-0.1, -0.05) is 36.4 Å². The maximum absolute atomic E-state index is 10.3. The molecule has 0 fully saturated rings. The smallest absolute Gasteiger partial charge is 0.307 e. The first-order valence-corrected chi connectivity index (χ1v) is 4.43. The van der Waals surface area contributed by atoms with Crippen LogP contribution in [0.3, 0.4) is 0 Å². The second kappa shape index (κ2) is 4.95. The van der Waals surface area contributed by atoms with Crippen LogP contribution in [-0.4, -0.2) is 16.9 Å². The molecular formula is C11H12N2O2. The Morgan fingerprint density at radius 3 is 2.73 bits per heavy atom. The van der Waals surface area contributed by atoms with E-state index in [1.54, 1.807) is 24.3 Å². The number of nitrogens with two attached hydrogens (primary N) is 1. The molecule has 0 saturated carbocycles. The van der Waals surface area contributed by atoms with E-state index in [1.807, 2.05) is 6.07 Å². The molecule has 78 valence electrons. The van der Waals surface area contributed by atoms with Crippen molar-refractivity contribution in [1.82, 2.24) is 0 Å². The highest BCUT2D eigenvalue weighted by Crippen LogP contribution is 2.10. The van der Waals surface area contributed by atoms with Crippen LogP contribution >= 0.6 is 0 Å². The third-order valence-electron chi connectivity index (χ3n) is 1.84. The molecule has 0 unspecified atom stereocenters. The van der Waals surface area contributed by atoms with Crippen LogP contribution in [0.25, 0.3) is 6.08 Å². The van der Waals surface area contributed by atoms with Crippen LogP contribution in [0.4, 0.5) is 0 Å². The molecule has 15 heavy (non-hydrogen) atoms. The highest BCUT2D eigenvalue weighted by molar-refractivity contribution is 5.98. The van der Waals surface area contributed by atoms with Gasteiger partial charge in [0.1, 0.15) is 5.84 Å². The molecule has 4 heteroatoms. The van der Waals surface area contributed by atoms with E-state index in [1.165, 1.54) is 6.08 Å². The number of amidine groups is 1. The minimum Gasteiger partial charge on any atom is -0.481 e. The van der Waals surface area contributed by atoms with Crippen molar-refractivity contribution in [3.63, 3.8) is 0 Å². The van der Waals surface area contributed by atoms with Gasteiger partial charge in [0, 0.05) is 5.56 Å². The Morgan fingerprint density at radius 2 is 2.13 bits per heavy atom. The quantitative estimate of drug-likeness (QED) is 0.512. The number of rotatable bonds is 4. The Labute approximate surface area is 87.5 Å². The number of aliphatic carboxylic acids is 1. The van der Waals surface area contributed by atoms with E-state index >= 15 is 0 Å². The van der Waals surface area contributed by atoms with Gasteiger partial charge >= 0.3 is 5.97 Å². The van der Waals surface area contributed by atoms with Crippen molar-refractivity contribution in [1.29, 1.82) is 5.41 Å². The molecule has 0 aromatic heterocycles. The predicted octanol–water partition coefficient (Wildman–Crippen LogP) is 1.46. The molecule has 4 N–H and O–H groups in total. The van der Waals surface area contributed by atoms with Gasteiger partial charge in [-0.05, 0) is 5.56 Å². The highest BCUT2D eigenvalue weighted by Gasteiger charge is 2.00. The summed E-state index contributed by atoms with van der Waals surface area (Å²) in [5.74, 6) is -0.905. The van der Waals surface area contributed by atoms with Gasteiger partial charge in [0.15, 0.2) is 0 Å². The summed E-state index contributed by atoms with van der Waals surface area (Å²) in [7, 11) is 0. The van der Waals surface area contributed by atoms with Crippen molar-refractivity contribution in [2.45, 2.75) is 6.42 Å². The van der Waals surface area contributed by atoms with Crippen molar-refractivity contribution >= 4 is 17.9 Å². The number of benzene rings is 1. The van der Waals surface area contributed by atoms with Crippen LogP contribution < -0.4 is 5.73 Å². The molecule has 0 bridgehead atoms. The zero-order valence-electron chi connectivity index (χ0n) is 8.10. The SMILES string of the molecule is N=C(N)c1ccccc1C=CCC(=O)O. The average molecular weight is 204 g/mol. The molecule has 1 aromatic carbocycles. The molecule has 0 amide bonds. The van der Waals surface area contributed by atoms with Gasteiger partial charge in [-0.15, -0.1) is 0 Å². The maximum atomic E-state index is 10.3. The van der Waals surface area contributed by atoms with Crippen molar-refractivity contribution in [3.8, 4) is 0 Å². The van der Waals surface area contributed by atoms with Gasteiger partial charge in [-0.25, -0.2) is 0 Å². The molecule has 0 heterocycles. The van der Waals surface area contributed by atoms with Crippen molar-refractivity contribution < 1.29 is 9.90 Å². The first-order chi connectivity index (χ1) is 7.11. The molecule has 0 aliphatic carbocycles. The number of carboxylic acids is 1. The van der Waals surface area contributed by atoms with E-state index in [0.717, 1.165) is 5.56 Å². The summed E-state index contributed by atoms with van der Waals surface area (Å²) in [5, 5.41) is 15.8. The minimum atomic E-state index is -0.883. The normalized spacial score (nSPS) is 10.4. The average Bonchev–Trinajstić information content (AvgIpc) is 2.17. The van der Waals surface area contributed by atoms with Gasteiger partial charge in [0.25, 0.3) is 0 Å². The summed E-state index contributed by atoms with van der Waals surface area (Å²) < 4.78 is 0. The molecule has 0 atom stereocenters. The van der Waals surface area contributed by atoms with Gasteiger partial charge in [0.05, 0.1) is 6.42 Å². The molecule has 0 spiro atoms. The van der Waals surface area contributed by atoms with E-state index < -0.39 is 5.97 Å². The van der Waals surface area contributed by atoms with Crippen LogP contribution in [0.2, 0.25) is 0 Å². The molecule has 1 aromatic rings. The Hall–Kier alpha value is -2.10. The van der Waals surface area contributed by atoms with Crippen LogP contribution in [0, 0.1) is 5.41 Å². The fourth-order valence-corrected chi connectivity index (χ4v) is 1.17. The maximum Gasteiger partial charge on any atom is 0.307 e. The van der Waals surface area contributed by atoms with Crippen molar-refractivity contribution in [3.05, 3.63) is 41.5 Å². The predicted molar refractivity (Wildman–Crippen MR) is 58.7 cm³/mol. The number of nitrogens with one attached hydrogen (secondary N) is 1. The van der Waals surface area contributed by atoms with E-state index in [9.17, 15) is 4.79 Å². The van der Waals surface area contributed by atoms with E-state index in [-0.39, 0.29) is 12.3 Å². The second-order valence-electron chi connectivity index (χ2n) is 3.00. The van der Waals surface area contributed by atoms with Crippen LogP contribution in [0.5, 0.6) is 0 Å². The number of carboxylic acid groups (broad SMARTS) is 1. The summed E-state index contributed by atoms with van der Waals surface area (Å²) in [6, 6.07) is 7.11. The number of hydrogen-bond acceptors (Lipinski definition) is 2. The Kier molecular flexibility index (Phi) is 3.62. The van der Waals surface area contributed by atoms with Crippen molar-refractivity contribution in [2.24, 2.45) is 5.73 Å². The lowest BCUT2D eigenvalue weighted by Gasteiger charge is -2.02. The largest absolute Gasteiger partial charge is 0.481 e. The number of carbonyl (C=O) groups is 1. The third-order valence-corrected chi connectivity index (χ3v) is 1.84. The van der Waals surface area contributed by atoms with E-state index in [2.05, 4.69) is 0 Å². The van der Waals surface area contributed by atoms with Crippen LogP contribution in [-0.2, 0) is 4.79 Å². The first kappa shape index (κ1) is 11.0. The van der Waals surface area contributed by atoms with E-state index in [0.29, 0.717) is 5.56 Å². The summed E-state index contributed by atoms with van der Waals surface area (Å²) in [6.45, 7) is 0. The van der Waals surface area contributed by atoms with Crippen molar-refractivity contribution in [2.75, 3.05) is 0 Å². The number of hydrogen-bond donors (Lipinski definition) is 3. The van der Waals surface area contributed by atoms with Crippen LogP contribution in [0.15, 0.2) is 30.3 Å². The number of nitrogen functional groups attached to an aromatic ring is 1. The molecule has 0 aliphatic rings. The van der Waals surface area contributed by atoms with Gasteiger partial charge in [-0.3, -0.25) is 10.2 Å². The molecule has 0 radical (unpaired) electrons. The second-order valence-corrected chi connectivity index (χ2v) is 3.00. The topological polar surface area (TPSA) is 87.2 Å². The third kappa shape index (κ3) is 3.27. The Balaban J connectivity index is 2.89. The van der Waals surface area contributed by atoms with Gasteiger partial charge in [0.2, 0.25) is 0 Å².